The first-order valence-corrected chi connectivity index (χ1v) is 5.53. The highest BCUT2D eigenvalue weighted by Crippen LogP contribution is 2.28. The van der Waals surface area contributed by atoms with Gasteiger partial charge in [-0.15, -0.1) is 0 Å². The van der Waals surface area contributed by atoms with Crippen LogP contribution in [-0.2, 0) is 6.42 Å². The van der Waals surface area contributed by atoms with Crippen molar-refractivity contribution in [2.24, 2.45) is 0 Å². The predicted molar refractivity (Wildman–Crippen MR) is 69.1 cm³/mol. The Morgan fingerprint density at radius 1 is 1.00 bits per heavy atom. The normalized spacial score (nSPS) is 10.7. The zero-order valence-corrected chi connectivity index (χ0v) is 9.77. The van der Waals surface area contributed by atoms with Gasteiger partial charge in [0.25, 0.3) is 0 Å². The van der Waals surface area contributed by atoms with E-state index in [1.165, 1.54) is 22.0 Å². The van der Waals surface area contributed by atoms with Crippen LogP contribution < -0.4 is 4.90 Å². The summed E-state index contributed by atoms with van der Waals surface area (Å²) < 4.78 is 0. The minimum Gasteiger partial charge on any atom is -0.396 e. The second kappa shape index (κ2) is 4.54. The molecule has 0 aliphatic rings. The molecule has 0 bridgehead atoms. The van der Waals surface area contributed by atoms with Gasteiger partial charge in [-0.3, -0.25) is 0 Å². The van der Waals surface area contributed by atoms with Crippen LogP contribution in [0.2, 0.25) is 0 Å². The molecule has 84 valence electrons. The summed E-state index contributed by atoms with van der Waals surface area (Å²) in [6.45, 7) is 0.200. The van der Waals surface area contributed by atoms with E-state index in [4.69, 9.17) is 5.11 Å². The van der Waals surface area contributed by atoms with Crippen molar-refractivity contribution in [1.29, 1.82) is 0 Å². The van der Waals surface area contributed by atoms with Crippen LogP contribution in [0.3, 0.4) is 0 Å². The predicted octanol–water partition coefficient (Wildman–Crippen LogP) is 2.44. The van der Waals surface area contributed by atoms with Crippen molar-refractivity contribution in [3.05, 3.63) is 42.0 Å². The van der Waals surface area contributed by atoms with Crippen LogP contribution in [0.25, 0.3) is 10.8 Å². The summed E-state index contributed by atoms with van der Waals surface area (Å²) in [5.41, 5.74) is 2.43. The van der Waals surface area contributed by atoms with Crippen molar-refractivity contribution in [1.82, 2.24) is 0 Å². The van der Waals surface area contributed by atoms with Crippen molar-refractivity contribution in [2.75, 3.05) is 25.6 Å². The van der Waals surface area contributed by atoms with Crippen molar-refractivity contribution in [2.45, 2.75) is 6.42 Å². The first kappa shape index (κ1) is 11.0. The second-order valence-corrected chi connectivity index (χ2v) is 4.16. The lowest BCUT2D eigenvalue weighted by Crippen LogP contribution is -2.09. The Balaban J connectivity index is 2.67. The average molecular weight is 215 g/mol. The smallest absolute Gasteiger partial charge is 0.0471 e. The summed E-state index contributed by atoms with van der Waals surface area (Å²) in [7, 11) is 4.10. The van der Waals surface area contributed by atoms with Crippen LogP contribution in [0.1, 0.15) is 5.56 Å². The molecule has 0 fully saturated rings. The van der Waals surface area contributed by atoms with Crippen LogP contribution in [0.5, 0.6) is 0 Å². The lowest BCUT2D eigenvalue weighted by atomic mass is 10.0. The van der Waals surface area contributed by atoms with Crippen LogP contribution in [-0.4, -0.2) is 25.8 Å². The van der Waals surface area contributed by atoms with Gasteiger partial charge in [-0.1, -0.05) is 30.3 Å². The van der Waals surface area contributed by atoms with E-state index in [1.54, 1.807) is 0 Å². The number of rotatable bonds is 3. The minimum absolute atomic E-state index is 0.200. The topological polar surface area (TPSA) is 23.5 Å². The fourth-order valence-electron chi connectivity index (χ4n) is 2.07. The zero-order chi connectivity index (χ0) is 11.5. The van der Waals surface area contributed by atoms with Crippen LogP contribution in [0, 0.1) is 0 Å². The lowest BCUT2D eigenvalue weighted by Gasteiger charge is -2.17. The largest absolute Gasteiger partial charge is 0.396 e. The van der Waals surface area contributed by atoms with Gasteiger partial charge in [-0.25, -0.2) is 0 Å². The summed E-state index contributed by atoms with van der Waals surface area (Å²) in [5.74, 6) is 0. The monoisotopic (exact) mass is 215 g/mol. The van der Waals surface area contributed by atoms with Crippen molar-refractivity contribution in [3.8, 4) is 0 Å². The van der Waals surface area contributed by atoms with E-state index in [-0.39, 0.29) is 6.61 Å². The molecule has 2 nitrogen and oxygen atoms in total. The maximum absolute atomic E-state index is 9.05. The molecule has 0 radical (unpaired) electrons. The van der Waals surface area contributed by atoms with E-state index in [1.807, 2.05) is 20.2 Å². The quantitative estimate of drug-likeness (QED) is 0.850. The molecule has 0 saturated heterocycles. The number of nitrogens with zero attached hydrogens (tertiary/aromatic N) is 1. The van der Waals surface area contributed by atoms with Crippen LogP contribution in [0.15, 0.2) is 36.4 Å². The van der Waals surface area contributed by atoms with Gasteiger partial charge in [0.1, 0.15) is 0 Å². The summed E-state index contributed by atoms with van der Waals surface area (Å²) in [6, 6.07) is 12.6. The standard InChI is InChI=1S/C14H17NO/c1-15(2)14-8-7-11(9-10-16)12-5-3-4-6-13(12)14/h3-8,16H,9-10H2,1-2H3. The number of benzene rings is 2. The highest BCUT2D eigenvalue weighted by molar-refractivity contribution is 5.96. The SMILES string of the molecule is CN(C)c1ccc(CCO)c2ccccc12. The first-order chi connectivity index (χ1) is 7.74. The molecule has 0 saturated carbocycles. The number of aliphatic hydroxyl groups is 1. The molecule has 2 aromatic rings. The van der Waals surface area contributed by atoms with Crippen molar-refractivity contribution in [3.63, 3.8) is 0 Å². The third-order valence-electron chi connectivity index (χ3n) is 2.85. The highest BCUT2D eigenvalue weighted by Gasteiger charge is 2.06. The minimum atomic E-state index is 0.200. The van der Waals surface area contributed by atoms with E-state index in [0.717, 1.165) is 0 Å². The second-order valence-electron chi connectivity index (χ2n) is 4.16. The maximum Gasteiger partial charge on any atom is 0.0471 e. The van der Waals surface area contributed by atoms with Crippen molar-refractivity contribution >= 4 is 16.5 Å². The van der Waals surface area contributed by atoms with Gasteiger partial charge in [-0.2, -0.15) is 0 Å². The molecule has 0 heterocycles. The van der Waals surface area contributed by atoms with Gasteiger partial charge < -0.3 is 10.0 Å². The molecule has 0 aromatic heterocycles. The van der Waals surface area contributed by atoms with Gasteiger partial charge in [0.15, 0.2) is 0 Å². The van der Waals surface area contributed by atoms with Gasteiger partial charge in [-0.05, 0) is 23.4 Å². The van der Waals surface area contributed by atoms with E-state index in [9.17, 15) is 0 Å². The Kier molecular flexibility index (Phi) is 3.11. The molecule has 0 atom stereocenters. The molecule has 0 unspecified atom stereocenters. The molecule has 16 heavy (non-hydrogen) atoms. The summed E-state index contributed by atoms with van der Waals surface area (Å²) in [5, 5.41) is 11.5. The van der Waals surface area contributed by atoms with Gasteiger partial charge in [0, 0.05) is 31.8 Å². The number of hydrogen-bond donors (Lipinski definition) is 1. The summed E-state index contributed by atoms with van der Waals surface area (Å²) in [6.07, 6.45) is 0.716. The summed E-state index contributed by atoms with van der Waals surface area (Å²) in [4.78, 5) is 2.12. The Bertz CT molecular complexity index is 491. The molecule has 0 amide bonds. The van der Waals surface area contributed by atoms with Gasteiger partial charge in [0.2, 0.25) is 0 Å². The average Bonchev–Trinajstić information content (AvgIpc) is 2.29. The van der Waals surface area contributed by atoms with Crippen LogP contribution in [0.4, 0.5) is 5.69 Å². The van der Waals surface area contributed by atoms with E-state index < -0.39 is 0 Å². The Hall–Kier alpha value is -1.54. The number of hydrogen-bond acceptors (Lipinski definition) is 2. The molecular weight excluding hydrogens is 198 g/mol. The third-order valence-corrected chi connectivity index (χ3v) is 2.85. The lowest BCUT2D eigenvalue weighted by molar-refractivity contribution is 0.300. The van der Waals surface area contributed by atoms with E-state index in [0.29, 0.717) is 6.42 Å². The molecule has 1 N–H and O–H groups in total. The van der Waals surface area contributed by atoms with E-state index in [2.05, 4.69) is 35.2 Å². The molecule has 2 aromatic carbocycles. The van der Waals surface area contributed by atoms with Gasteiger partial charge >= 0.3 is 0 Å². The maximum atomic E-state index is 9.05. The highest BCUT2D eigenvalue weighted by atomic mass is 16.2. The Morgan fingerprint density at radius 3 is 2.31 bits per heavy atom. The van der Waals surface area contributed by atoms with Crippen LogP contribution >= 0.6 is 0 Å². The first-order valence-electron chi connectivity index (χ1n) is 5.53. The summed E-state index contributed by atoms with van der Waals surface area (Å²) >= 11 is 0. The third kappa shape index (κ3) is 1.89. The molecule has 0 aliphatic carbocycles. The van der Waals surface area contributed by atoms with Crippen molar-refractivity contribution < 1.29 is 5.11 Å². The molecule has 2 rings (SSSR count). The molecule has 0 spiro atoms. The molecule has 2 heteroatoms. The Labute approximate surface area is 96.1 Å². The van der Waals surface area contributed by atoms with E-state index >= 15 is 0 Å². The zero-order valence-electron chi connectivity index (χ0n) is 9.77. The molecule has 0 aliphatic heterocycles. The fraction of sp³-hybridized carbons (Fsp3) is 0.286. The number of aliphatic hydroxyl groups excluding tert-OH is 1. The Morgan fingerprint density at radius 2 is 1.69 bits per heavy atom. The van der Waals surface area contributed by atoms with Gasteiger partial charge in [0.05, 0.1) is 0 Å². The molecular formula is C14H17NO. The number of anilines is 1. The fourth-order valence-corrected chi connectivity index (χ4v) is 2.07. The number of fused-ring (bicyclic) bond motifs is 1.